The number of hydrogen-bond acceptors (Lipinski definition) is 2. The fourth-order valence-electron chi connectivity index (χ4n) is 7.86. The molecule has 1 aliphatic heterocycles. The SMILES string of the molecule is C1=CC2Sc3cccc(-c4ccccc4)c3-c3ccc(-c4ccc5c6ccccc6n(-c6ccccc6)c5c4)cc3Sc3ccccc3C2C=C1. The Labute approximate surface area is 307 Å². The van der Waals surface area contributed by atoms with E-state index in [1.165, 1.54) is 81.1 Å². The maximum Gasteiger partial charge on any atom is 0.0547 e. The van der Waals surface area contributed by atoms with Gasteiger partial charge in [-0.15, -0.1) is 11.8 Å². The van der Waals surface area contributed by atoms with Crippen molar-refractivity contribution < 1.29 is 0 Å². The number of benzene rings is 7. The van der Waals surface area contributed by atoms with Gasteiger partial charge < -0.3 is 4.57 Å². The molecule has 0 amide bonds. The zero-order chi connectivity index (χ0) is 33.7. The molecule has 2 heterocycles. The van der Waals surface area contributed by atoms with Crippen molar-refractivity contribution in [3.63, 3.8) is 0 Å². The third-order valence-electron chi connectivity index (χ3n) is 10.2. The average Bonchev–Trinajstić information content (AvgIpc) is 3.53. The Morgan fingerprint density at radius 2 is 1.16 bits per heavy atom. The van der Waals surface area contributed by atoms with Crippen molar-refractivity contribution in [3.05, 3.63) is 194 Å². The minimum atomic E-state index is 0.281. The Kier molecular flexibility index (Phi) is 7.55. The molecule has 1 aromatic heterocycles. The number of nitrogens with zero attached hydrogens (tertiary/aromatic N) is 1. The van der Waals surface area contributed by atoms with E-state index in [2.05, 4.69) is 193 Å². The molecular weight excluding hydrogens is 655 g/mol. The van der Waals surface area contributed by atoms with Gasteiger partial charge in [0.05, 0.1) is 11.0 Å². The summed E-state index contributed by atoms with van der Waals surface area (Å²) >= 11 is 3.89. The van der Waals surface area contributed by atoms with Crippen LogP contribution in [0.2, 0.25) is 0 Å². The van der Waals surface area contributed by atoms with Crippen molar-refractivity contribution in [2.75, 3.05) is 0 Å². The first-order chi connectivity index (χ1) is 25.3. The molecule has 1 nitrogen and oxygen atoms in total. The highest BCUT2D eigenvalue weighted by Gasteiger charge is 2.28. The maximum atomic E-state index is 2.43. The van der Waals surface area contributed by atoms with Crippen molar-refractivity contribution >= 4 is 45.3 Å². The summed E-state index contributed by atoms with van der Waals surface area (Å²) in [7, 11) is 0. The highest BCUT2D eigenvalue weighted by molar-refractivity contribution is 8.00. The van der Waals surface area contributed by atoms with E-state index in [0.29, 0.717) is 5.25 Å². The van der Waals surface area contributed by atoms with Gasteiger partial charge >= 0.3 is 0 Å². The molecular formula is C48H33NS2. The summed E-state index contributed by atoms with van der Waals surface area (Å²) in [6.45, 7) is 0. The number of aromatic nitrogens is 1. The van der Waals surface area contributed by atoms with Crippen molar-refractivity contribution in [1.82, 2.24) is 4.57 Å². The van der Waals surface area contributed by atoms with Crippen molar-refractivity contribution in [3.8, 4) is 39.1 Å². The summed E-state index contributed by atoms with van der Waals surface area (Å²) in [5.74, 6) is 0.281. The van der Waals surface area contributed by atoms with Crippen LogP contribution in [0.5, 0.6) is 0 Å². The maximum absolute atomic E-state index is 2.43. The second kappa shape index (κ2) is 12.7. The monoisotopic (exact) mass is 687 g/mol. The van der Waals surface area contributed by atoms with E-state index in [-0.39, 0.29) is 5.92 Å². The van der Waals surface area contributed by atoms with Gasteiger partial charge in [0.2, 0.25) is 0 Å². The summed E-state index contributed by atoms with van der Waals surface area (Å²) in [6.07, 6.45) is 9.20. The summed E-state index contributed by atoms with van der Waals surface area (Å²) < 4.78 is 2.41. The Balaban J connectivity index is 1.21. The Bertz CT molecular complexity index is 2650. The molecule has 242 valence electrons. The van der Waals surface area contributed by atoms with E-state index >= 15 is 0 Å². The number of rotatable bonds is 3. The normalized spacial score (nSPS) is 16.3. The first kappa shape index (κ1) is 30.4. The zero-order valence-corrected chi connectivity index (χ0v) is 29.4. The topological polar surface area (TPSA) is 4.93 Å². The minimum Gasteiger partial charge on any atom is -0.309 e. The van der Waals surface area contributed by atoms with Gasteiger partial charge in [0, 0.05) is 47.9 Å². The van der Waals surface area contributed by atoms with Crippen LogP contribution in [0.15, 0.2) is 203 Å². The predicted molar refractivity (Wildman–Crippen MR) is 218 cm³/mol. The van der Waals surface area contributed by atoms with Crippen LogP contribution >= 0.6 is 23.5 Å². The standard InChI is InChI=1S/C48H33NS2/c1-3-14-32(15-4-1)36-21-13-25-46-48(36)41-29-27-34(31-47(41)51-45-24-12-9-20-40(45)39-19-8-11-23-44(39)50-46)33-26-28-38-37-18-7-10-22-42(37)49(43(38)30-33)35-16-5-2-6-17-35/h1-31,39,44H. The second-order valence-electron chi connectivity index (χ2n) is 13.2. The predicted octanol–water partition coefficient (Wildman–Crippen LogP) is 13.6. The molecule has 8 aromatic rings. The van der Waals surface area contributed by atoms with Gasteiger partial charge in [0.1, 0.15) is 0 Å². The average molecular weight is 688 g/mol. The number of hydrogen-bond donors (Lipinski definition) is 0. The molecule has 0 N–H and O–H groups in total. The molecule has 0 saturated carbocycles. The van der Waals surface area contributed by atoms with E-state index < -0.39 is 0 Å². The van der Waals surface area contributed by atoms with Gasteiger partial charge in [0.15, 0.2) is 0 Å². The van der Waals surface area contributed by atoms with Crippen LogP contribution < -0.4 is 0 Å². The van der Waals surface area contributed by atoms with Crippen LogP contribution in [0.3, 0.4) is 0 Å². The van der Waals surface area contributed by atoms with Crippen LogP contribution in [0.25, 0.3) is 60.9 Å². The molecule has 10 rings (SSSR count). The lowest BCUT2D eigenvalue weighted by Crippen LogP contribution is -2.15. The van der Waals surface area contributed by atoms with Gasteiger partial charge in [-0.3, -0.25) is 0 Å². The Morgan fingerprint density at radius 3 is 2.06 bits per heavy atom. The third-order valence-corrected chi connectivity index (χ3v) is 12.7. The van der Waals surface area contributed by atoms with Gasteiger partial charge in [-0.2, -0.15) is 0 Å². The molecule has 2 atom stereocenters. The Morgan fingerprint density at radius 1 is 0.451 bits per heavy atom. The number of fused-ring (bicyclic) bond motifs is 9. The largest absolute Gasteiger partial charge is 0.309 e. The fraction of sp³-hybridized carbons (Fsp3) is 0.0417. The lowest BCUT2D eigenvalue weighted by atomic mass is 9.92. The van der Waals surface area contributed by atoms with Crippen LogP contribution in [0.1, 0.15) is 11.5 Å². The first-order valence-electron chi connectivity index (χ1n) is 17.5. The van der Waals surface area contributed by atoms with Gasteiger partial charge in [-0.1, -0.05) is 157 Å². The van der Waals surface area contributed by atoms with E-state index in [1.54, 1.807) is 0 Å². The molecule has 0 bridgehead atoms. The summed E-state index contributed by atoms with van der Waals surface area (Å²) in [5, 5.41) is 2.83. The van der Waals surface area contributed by atoms with Crippen LogP contribution in [0.4, 0.5) is 0 Å². The summed E-state index contributed by atoms with van der Waals surface area (Å²) in [6, 6.07) is 60.3. The highest BCUT2D eigenvalue weighted by atomic mass is 32.2. The minimum absolute atomic E-state index is 0.281. The van der Waals surface area contributed by atoms with E-state index in [1.807, 2.05) is 23.5 Å². The molecule has 0 spiro atoms. The van der Waals surface area contributed by atoms with E-state index in [0.717, 1.165) is 0 Å². The number of para-hydroxylation sites is 2. The van der Waals surface area contributed by atoms with Crippen LogP contribution in [0, 0.1) is 0 Å². The molecule has 1 aliphatic carbocycles. The van der Waals surface area contributed by atoms with Crippen molar-refractivity contribution in [2.45, 2.75) is 25.9 Å². The number of thioether (sulfide) groups is 1. The lowest BCUT2D eigenvalue weighted by Gasteiger charge is -2.29. The zero-order valence-electron chi connectivity index (χ0n) is 27.8. The number of allylic oxidation sites excluding steroid dienone is 3. The molecule has 7 aromatic carbocycles. The van der Waals surface area contributed by atoms with Crippen LogP contribution in [-0.2, 0) is 0 Å². The molecule has 3 heteroatoms. The lowest BCUT2D eigenvalue weighted by molar-refractivity contribution is 0.847. The Hall–Kier alpha value is -5.48. The molecule has 0 radical (unpaired) electrons. The van der Waals surface area contributed by atoms with Crippen molar-refractivity contribution in [2.24, 2.45) is 0 Å². The molecule has 2 aliphatic rings. The molecule has 51 heavy (non-hydrogen) atoms. The van der Waals surface area contributed by atoms with Gasteiger partial charge in [0.25, 0.3) is 0 Å². The summed E-state index contributed by atoms with van der Waals surface area (Å²) in [5.41, 5.74) is 12.5. The van der Waals surface area contributed by atoms with E-state index in [9.17, 15) is 0 Å². The van der Waals surface area contributed by atoms with Crippen LogP contribution in [-0.4, -0.2) is 9.82 Å². The molecule has 0 saturated heterocycles. The summed E-state index contributed by atoms with van der Waals surface area (Å²) in [4.78, 5) is 3.89. The van der Waals surface area contributed by atoms with Crippen molar-refractivity contribution in [1.29, 1.82) is 0 Å². The third kappa shape index (κ3) is 5.28. The fourth-order valence-corrected chi connectivity index (χ4v) is 10.4. The first-order valence-corrected chi connectivity index (χ1v) is 19.2. The quantitative estimate of drug-likeness (QED) is 0.182. The molecule has 0 fully saturated rings. The van der Waals surface area contributed by atoms with E-state index in [4.69, 9.17) is 0 Å². The highest BCUT2D eigenvalue weighted by Crippen LogP contribution is 2.51. The molecule has 2 unspecified atom stereocenters. The van der Waals surface area contributed by atoms with Gasteiger partial charge in [-0.25, -0.2) is 0 Å². The smallest absolute Gasteiger partial charge is 0.0547 e. The van der Waals surface area contributed by atoms with Gasteiger partial charge in [-0.05, 0) is 75.8 Å². The second-order valence-corrected chi connectivity index (χ2v) is 15.5.